The van der Waals surface area contributed by atoms with Crippen LogP contribution in [-0.4, -0.2) is 37.6 Å². The molecular weight excluding hydrogens is 260 g/mol. The molecule has 0 aromatic heterocycles. The normalized spacial score (nSPS) is 11.9. The quantitative estimate of drug-likeness (QED) is 0.757. The zero-order chi connectivity index (χ0) is 14.1. The molecule has 1 aromatic carbocycles. The zero-order valence-corrected chi connectivity index (χ0v) is 12.3. The van der Waals surface area contributed by atoms with Crippen molar-refractivity contribution in [2.75, 3.05) is 25.7 Å². The minimum atomic E-state index is -0.405. The predicted molar refractivity (Wildman–Crippen MR) is 80.7 cm³/mol. The van der Waals surface area contributed by atoms with Crippen LogP contribution in [0.15, 0.2) is 24.3 Å². The van der Waals surface area contributed by atoms with Gasteiger partial charge in [-0.25, -0.2) is 0 Å². The van der Waals surface area contributed by atoms with Crippen molar-refractivity contribution >= 4 is 17.7 Å². The van der Waals surface area contributed by atoms with Crippen molar-refractivity contribution in [3.05, 3.63) is 29.8 Å². The van der Waals surface area contributed by atoms with E-state index in [2.05, 4.69) is 5.32 Å². The zero-order valence-electron chi connectivity index (χ0n) is 11.5. The van der Waals surface area contributed by atoms with Gasteiger partial charge in [0.15, 0.2) is 0 Å². The lowest BCUT2D eigenvalue weighted by Gasteiger charge is -2.11. The van der Waals surface area contributed by atoms with Crippen molar-refractivity contribution in [2.45, 2.75) is 18.9 Å². The summed E-state index contributed by atoms with van der Waals surface area (Å²) in [6.45, 7) is 0.596. The second-order valence-corrected chi connectivity index (χ2v) is 5.27. The first kappa shape index (κ1) is 15.9. The van der Waals surface area contributed by atoms with Gasteiger partial charge in [-0.3, -0.25) is 4.79 Å². The maximum absolute atomic E-state index is 11.7. The average molecular weight is 282 g/mol. The van der Waals surface area contributed by atoms with E-state index >= 15 is 0 Å². The third-order valence-electron chi connectivity index (χ3n) is 2.82. The lowest BCUT2D eigenvalue weighted by molar-refractivity contribution is -0.122. The van der Waals surface area contributed by atoms with E-state index in [1.54, 1.807) is 18.9 Å². The number of carbonyl (C=O) groups is 1. The van der Waals surface area contributed by atoms with E-state index in [1.165, 1.54) is 0 Å². The summed E-state index contributed by atoms with van der Waals surface area (Å²) in [4.78, 5) is 11.7. The van der Waals surface area contributed by atoms with Crippen LogP contribution in [0.5, 0.6) is 5.75 Å². The van der Waals surface area contributed by atoms with E-state index in [1.807, 2.05) is 30.5 Å². The molecule has 0 saturated heterocycles. The first-order valence-electron chi connectivity index (χ1n) is 6.32. The summed E-state index contributed by atoms with van der Waals surface area (Å²) in [5.74, 6) is 1.67. The Morgan fingerprint density at radius 1 is 1.53 bits per heavy atom. The van der Waals surface area contributed by atoms with Gasteiger partial charge in [0.2, 0.25) is 5.91 Å². The number of hydrogen-bond acceptors (Lipinski definition) is 4. The van der Waals surface area contributed by atoms with E-state index in [-0.39, 0.29) is 5.91 Å². The highest BCUT2D eigenvalue weighted by Gasteiger charge is 2.11. The molecule has 0 aliphatic rings. The Bertz CT molecular complexity index is 399. The Balaban J connectivity index is 2.31. The van der Waals surface area contributed by atoms with Gasteiger partial charge in [0.1, 0.15) is 5.75 Å². The fourth-order valence-corrected chi connectivity index (χ4v) is 2.15. The number of thioether (sulfide) groups is 1. The van der Waals surface area contributed by atoms with Gasteiger partial charge >= 0.3 is 0 Å². The highest BCUT2D eigenvalue weighted by atomic mass is 32.2. The summed E-state index contributed by atoms with van der Waals surface area (Å²) in [7, 11) is 1.64. The van der Waals surface area contributed by atoms with Crippen LogP contribution in [0.2, 0.25) is 0 Å². The number of carbonyl (C=O) groups excluding carboxylic acids is 1. The van der Waals surface area contributed by atoms with Gasteiger partial charge in [0, 0.05) is 6.54 Å². The number of ether oxygens (including phenoxy) is 1. The SMILES string of the molecule is COc1cccc(CCNC(=O)[C@@H](N)CCSC)c1. The molecule has 1 aromatic rings. The Morgan fingerprint density at radius 3 is 3.00 bits per heavy atom. The molecule has 0 heterocycles. The number of hydrogen-bond donors (Lipinski definition) is 2. The van der Waals surface area contributed by atoms with E-state index in [0.717, 1.165) is 23.5 Å². The lowest BCUT2D eigenvalue weighted by atomic mass is 10.1. The highest BCUT2D eigenvalue weighted by Crippen LogP contribution is 2.12. The van der Waals surface area contributed by atoms with Gasteiger partial charge < -0.3 is 15.8 Å². The largest absolute Gasteiger partial charge is 0.497 e. The Kier molecular flexibility index (Phi) is 7.36. The molecule has 0 bridgehead atoms. The summed E-state index contributed by atoms with van der Waals surface area (Å²) in [6, 6.07) is 7.43. The average Bonchev–Trinajstić information content (AvgIpc) is 2.44. The van der Waals surface area contributed by atoms with Crippen LogP contribution in [0.3, 0.4) is 0 Å². The maximum Gasteiger partial charge on any atom is 0.236 e. The summed E-state index contributed by atoms with van der Waals surface area (Å²) in [5, 5.41) is 2.86. The minimum Gasteiger partial charge on any atom is -0.497 e. The molecule has 1 atom stereocenters. The van der Waals surface area contributed by atoms with E-state index in [9.17, 15) is 4.79 Å². The molecule has 0 spiro atoms. The van der Waals surface area contributed by atoms with Gasteiger partial charge in [0.25, 0.3) is 0 Å². The summed E-state index contributed by atoms with van der Waals surface area (Å²) >= 11 is 1.70. The van der Waals surface area contributed by atoms with Crippen LogP contribution in [0.25, 0.3) is 0 Å². The molecule has 0 aliphatic carbocycles. The van der Waals surface area contributed by atoms with E-state index in [0.29, 0.717) is 13.0 Å². The Morgan fingerprint density at radius 2 is 2.32 bits per heavy atom. The molecule has 106 valence electrons. The van der Waals surface area contributed by atoms with Crippen LogP contribution in [0.4, 0.5) is 0 Å². The Labute approximate surface area is 119 Å². The smallest absolute Gasteiger partial charge is 0.236 e. The molecule has 0 unspecified atom stereocenters. The lowest BCUT2D eigenvalue weighted by Crippen LogP contribution is -2.41. The second-order valence-electron chi connectivity index (χ2n) is 4.28. The van der Waals surface area contributed by atoms with Gasteiger partial charge in [-0.05, 0) is 42.5 Å². The van der Waals surface area contributed by atoms with Gasteiger partial charge in [0.05, 0.1) is 13.2 Å². The fourth-order valence-electron chi connectivity index (χ4n) is 1.67. The molecule has 5 heteroatoms. The first-order valence-corrected chi connectivity index (χ1v) is 7.72. The summed E-state index contributed by atoms with van der Waals surface area (Å²) in [6.07, 6.45) is 3.50. The van der Waals surface area contributed by atoms with Crippen molar-refractivity contribution in [2.24, 2.45) is 5.73 Å². The molecule has 0 radical (unpaired) electrons. The minimum absolute atomic E-state index is 0.0723. The molecule has 1 amide bonds. The molecule has 0 fully saturated rings. The first-order chi connectivity index (χ1) is 9.17. The molecule has 19 heavy (non-hydrogen) atoms. The maximum atomic E-state index is 11.7. The topological polar surface area (TPSA) is 64.3 Å². The number of benzene rings is 1. The van der Waals surface area contributed by atoms with Crippen LogP contribution < -0.4 is 15.8 Å². The molecule has 0 saturated carbocycles. The van der Waals surface area contributed by atoms with Gasteiger partial charge in [-0.1, -0.05) is 12.1 Å². The van der Waals surface area contributed by atoms with Crippen molar-refractivity contribution in [3.63, 3.8) is 0 Å². The molecule has 0 aliphatic heterocycles. The van der Waals surface area contributed by atoms with Crippen LogP contribution in [0, 0.1) is 0 Å². The number of nitrogens with one attached hydrogen (secondary N) is 1. The van der Waals surface area contributed by atoms with Crippen molar-refractivity contribution in [3.8, 4) is 5.75 Å². The van der Waals surface area contributed by atoms with Crippen LogP contribution in [0.1, 0.15) is 12.0 Å². The highest BCUT2D eigenvalue weighted by molar-refractivity contribution is 7.98. The van der Waals surface area contributed by atoms with Crippen molar-refractivity contribution in [1.29, 1.82) is 0 Å². The number of methoxy groups -OCH3 is 1. The number of rotatable bonds is 8. The number of nitrogens with two attached hydrogens (primary N) is 1. The monoisotopic (exact) mass is 282 g/mol. The summed E-state index contributed by atoms with van der Waals surface area (Å²) in [5.41, 5.74) is 6.92. The standard InChI is InChI=1S/C14H22N2O2S/c1-18-12-5-3-4-11(10-12)6-8-16-14(17)13(15)7-9-19-2/h3-5,10,13H,6-9,15H2,1-2H3,(H,16,17)/t13-/m0/s1. The van der Waals surface area contributed by atoms with Crippen LogP contribution >= 0.6 is 11.8 Å². The predicted octanol–water partition coefficient (Wildman–Crippen LogP) is 1.43. The fraction of sp³-hybridized carbons (Fsp3) is 0.500. The van der Waals surface area contributed by atoms with Gasteiger partial charge in [-0.15, -0.1) is 0 Å². The van der Waals surface area contributed by atoms with Crippen LogP contribution in [-0.2, 0) is 11.2 Å². The molecule has 4 nitrogen and oxygen atoms in total. The molecular formula is C14H22N2O2S. The third-order valence-corrected chi connectivity index (χ3v) is 3.46. The molecule has 1 rings (SSSR count). The van der Waals surface area contributed by atoms with Crippen molar-refractivity contribution in [1.82, 2.24) is 5.32 Å². The molecule has 3 N–H and O–H groups in total. The third kappa shape index (κ3) is 5.98. The Hall–Kier alpha value is -1.20. The second kappa shape index (κ2) is 8.82. The van der Waals surface area contributed by atoms with E-state index in [4.69, 9.17) is 10.5 Å². The van der Waals surface area contributed by atoms with Crippen molar-refractivity contribution < 1.29 is 9.53 Å². The summed E-state index contributed by atoms with van der Waals surface area (Å²) < 4.78 is 5.16. The number of amides is 1. The van der Waals surface area contributed by atoms with Gasteiger partial charge in [-0.2, -0.15) is 11.8 Å². The van der Waals surface area contributed by atoms with E-state index < -0.39 is 6.04 Å².